The summed E-state index contributed by atoms with van der Waals surface area (Å²) in [6.07, 6.45) is 5.22. The second-order valence-corrected chi connectivity index (χ2v) is 7.67. The summed E-state index contributed by atoms with van der Waals surface area (Å²) >= 11 is 3.30. The van der Waals surface area contributed by atoms with Gasteiger partial charge in [-0.1, -0.05) is 37.1 Å². The molecule has 1 aliphatic heterocycles. The third-order valence-corrected chi connectivity index (χ3v) is 5.41. The highest BCUT2D eigenvalue weighted by Crippen LogP contribution is 2.18. The fraction of sp³-hybridized carbons (Fsp3) is 0.381. The van der Waals surface area contributed by atoms with E-state index in [1.807, 2.05) is 12.1 Å². The van der Waals surface area contributed by atoms with Crippen LogP contribution in [-0.4, -0.2) is 23.9 Å². The molecule has 0 atom stereocenters. The fourth-order valence-corrected chi connectivity index (χ4v) is 3.77. The van der Waals surface area contributed by atoms with Crippen molar-refractivity contribution < 1.29 is 9.18 Å². The van der Waals surface area contributed by atoms with Gasteiger partial charge in [-0.2, -0.15) is 0 Å². The SMILES string of the molecule is O=C(NCc1cccc(CN2CCCCCC2)c1)c1cc(F)ccc1Br. The molecule has 3 nitrogen and oxygen atoms in total. The molecule has 138 valence electrons. The quantitative estimate of drug-likeness (QED) is 0.748. The molecule has 1 fully saturated rings. The lowest BCUT2D eigenvalue weighted by molar-refractivity contribution is 0.0949. The van der Waals surface area contributed by atoms with E-state index in [9.17, 15) is 9.18 Å². The fourth-order valence-electron chi connectivity index (χ4n) is 3.34. The van der Waals surface area contributed by atoms with Crippen molar-refractivity contribution in [3.63, 3.8) is 0 Å². The topological polar surface area (TPSA) is 32.3 Å². The van der Waals surface area contributed by atoms with Crippen LogP contribution in [0, 0.1) is 5.82 Å². The molecule has 26 heavy (non-hydrogen) atoms. The van der Waals surface area contributed by atoms with Crippen LogP contribution in [0.15, 0.2) is 46.9 Å². The first-order valence-corrected chi connectivity index (χ1v) is 9.94. The largest absolute Gasteiger partial charge is 0.348 e. The number of halogens is 2. The monoisotopic (exact) mass is 418 g/mol. The minimum atomic E-state index is -0.419. The van der Waals surface area contributed by atoms with Gasteiger partial charge in [-0.15, -0.1) is 0 Å². The summed E-state index contributed by atoms with van der Waals surface area (Å²) < 4.78 is 14.0. The van der Waals surface area contributed by atoms with E-state index in [0.29, 0.717) is 16.6 Å². The summed E-state index contributed by atoms with van der Waals surface area (Å²) in [5, 5.41) is 2.87. The lowest BCUT2D eigenvalue weighted by Crippen LogP contribution is -2.25. The molecular formula is C21H24BrFN2O. The van der Waals surface area contributed by atoms with Crippen LogP contribution in [0.1, 0.15) is 47.2 Å². The number of nitrogens with zero attached hydrogens (tertiary/aromatic N) is 1. The minimum Gasteiger partial charge on any atom is -0.348 e. The Labute approximate surface area is 162 Å². The first kappa shape index (κ1) is 19.1. The molecule has 0 bridgehead atoms. The van der Waals surface area contributed by atoms with Gasteiger partial charge in [-0.25, -0.2) is 4.39 Å². The normalized spacial score (nSPS) is 15.5. The number of hydrogen-bond donors (Lipinski definition) is 1. The maximum atomic E-state index is 13.4. The summed E-state index contributed by atoms with van der Waals surface area (Å²) in [4.78, 5) is 14.8. The van der Waals surface area contributed by atoms with Crippen LogP contribution in [0.5, 0.6) is 0 Å². The predicted octanol–water partition coefficient (Wildman–Crippen LogP) is 4.89. The highest BCUT2D eigenvalue weighted by molar-refractivity contribution is 9.10. The zero-order valence-electron chi connectivity index (χ0n) is 14.8. The Kier molecular flexibility index (Phi) is 6.80. The Morgan fingerprint density at radius 3 is 2.54 bits per heavy atom. The molecule has 0 unspecified atom stereocenters. The third-order valence-electron chi connectivity index (χ3n) is 4.72. The molecule has 1 saturated heterocycles. The van der Waals surface area contributed by atoms with E-state index in [4.69, 9.17) is 0 Å². The van der Waals surface area contributed by atoms with E-state index in [-0.39, 0.29) is 5.91 Å². The number of hydrogen-bond acceptors (Lipinski definition) is 2. The van der Waals surface area contributed by atoms with Gasteiger partial charge in [-0.05, 0) is 71.2 Å². The van der Waals surface area contributed by atoms with Gasteiger partial charge in [0.1, 0.15) is 5.82 Å². The lowest BCUT2D eigenvalue weighted by Gasteiger charge is -2.20. The van der Waals surface area contributed by atoms with Gasteiger partial charge < -0.3 is 5.32 Å². The molecule has 3 rings (SSSR count). The number of likely N-dealkylation sites (tertiary alicyclic amines) is 1. The molecule has 0 aromatic heterocycles. The van der Waals surface area contributed by atoms with Crippen LogP contribution in [0.3, 0.4) is 0 Å². The molecule has 1 aliphatic rings. The second kappa shape index (κ2) is 9.28. The van der Waals surface area contributed by atoms with Crippen molar-refractivity contribution in [2.24, 2.45) is 0 Å². The van der Waals surface area contributed by atoms with Crippen LogP contribution >= 0.6 is 15.9 Å². The van der Waals surface area contributed by atoms with Crippen molar-refractivity contribution >= 4 is 21.8 Å². The number of carbonyl (C=O) groups excluding carboxylic acids is 1. The highest BCUT2D eigenvalue weighted by Gasteiger charge is 2.12. The summed E-state index contributed by atoms with van der Waals surface area (Å²) in [5.74, 6) is -0.702. The van der Waals surface area contributed by atoms with Crippen LogP contribution in [0.2, 0.25) is 0 Å². The van der Waals surface area contributed by atoms with Crippen molar-refractivity contribution in [1.82, 2.24) is 10.2 Å². The predicted molar refractivity (Wildman–Crippen MR) is 105 cm³/mol. The van der Waals surface area contributed by atoms with E-state index in [1.165, 1.54) is 43.4 Å². The molecule has 1 N–H and O–H groups in total. The van der Waals surface area contributed by atoms with E-state index in [2.05, 4.69) is 38.3 Å². The summed E-state index contributed by atoms with van der Waals surface area (Å²) in [7, 11) is 0. The zero-order chi connectivity index (χ0) is 18.4. The van der Waals surface area contributed by atoms with Crippen molar-refractivity contribution in [1.29, 1.82) is 0 Å². The minimum absolute atomic E-state index is 0.283. The second-order valence-electron chi connectivity index (χ2n) is 6.82. The highest BCUT2D eigenvalue weighted by atomic mass is 79.9. The zero-order valence-corrected chi connectivity index (χ0v) is 16.4. The van der Waals surface area contributed by atoms with Gasteiger partial charge in [0.05, 0.1) is 5.56 Å². The van der Waals surface area contributed by atoms with Crippen LogP contribution < -0.4 is 5.32 Å². The van der Waals surface area contributed by atoms with Crippen molar-refractivity contribution in [3.8, 4) is 0 Å². The molecule has 2 aromatic carbocycles. The molecule has 0 radical (unpaired) electrons. The number of rotatable bonds is 5. The van der Waals surface area contributed by atoms with Gasteiger partial charge in [0, 0.05) is 17.6 Å². The Bertz CT molecular complexity index is 757. The smallest absolute Gasteiger partial charge is 0.252 e. The third kappa shape index (κ3) is 5.39. The van der Waals surface area contributed by atoms with Crippen molar-refractivity contribution in [3.05, 3.63) is 69.4 Å². The van der Waals surface area contributed by atoms with Crippen molar-refractivity contribution in [2.45, 2.75) is 38.8 Å². The van der Waals surface area contributed by atoms with E-state index in [0.717, 1.165) is 25.2 Å². The van der Waals surface area contributed by atoms with E-state index in [1.54, 1.807) is 6.07 Å². The molecule has 1 heterocycles. The average Bonchev–Trinajstić information content (AvgIpc) is 2.91. The maximum absolute atomic E-state index is 13.4. The number of nitrogens with one attached hydrogen (secondary N) is 1. The molecular weight excluding hydrogens is 395 g/mol. The molecule has 0 spiro atoms. The Morgan fingerprint density at radius 1 is 1.04 bits per heavy atom. The Balaban J connectivity index is 1.59. The Hall–Kier alpha value is -1.72. The molecule has 1 amide bonds. The van der Waals surface area contributed by atoms with Gasteiger partial charge in [0.2, 0.25) is 0 Å². The Morgan fingerprint density at radius 2 is 1.77 bits per heavy atom. The average molecular weight is 419 g/mol. The number of amides is 1. The first-order valence-electron chi connectivity index (χ1n) is 9.15. The standard InChI is InChI=1S/C21H24BrFN2O/c22-20-9-8-18(23)13-19(20)21(26)24-14-16-6-5-7-17(12-16)15-25-10-3-1-2-4-11-25/h5-9,12-13H,1-4,10-11,14-15H2,(H,24,26). The molecule has 0 saturated carbocycles. The van der Waals surface area contributed by atoms with Gasteiger partial charge in [0.15, 0.2) is 0 Å². The molecule has 2 aromatic rings. The van der Waals surface area contributed by atoms with E-state index >= 15 is 0 Å². The first-order chi connectivity index (χ1) is 12.6. The molecule has 5 heteroatoms. The van der Waals surface area contributed by atoms with Crippen LogP contribution in [-0.2, 0) is 13.1 Å². The molecule has 0 aliphatic carbocycles. The van der Waals surface area contributed by atoms with Gasteiger partial charge in [-0.3, -0.25) is 9.69 Å². The van der Waals surface area contributed by atoms with Gasteiger partial charge in [0.25, 0.3) is 5.91 Å². The number of benzene rings is 2. The lowest BCUT2D eigenvalue weighted by atomic mass is 10.1. The van der Waals surface area contributed by atoms with Crippen LogP contribution in [0.25, 0.3) is 0 Å². The maximum Gasteiger partial charge on any atom is 0.252 e. The van der Waals surface area contributed by atoms with Crippen molar-refractivity contribution in [2.75, 3.05) is 13.1 Å². The van der Waals surface area contributed by atoms with Gasteiger partial charge >= 0.3 is 0 Å². The summed E-state index contributed by atoms with van der Waals surface area (Å²) in [5.41, 5.74) is 2.63. The van der Waals surface area contributed by atoms with Crippen LogP contribution in [0.4, 0.5) is 4.39 Å². The summed E-state index contributed by atoms with van der Waals surface area (Å²) in [6, 6.07) is 12.4. The summed E-state index contributed by atoms with van der Waals surface area (Å²) in [6.45, 7) is 3.70. The number of carbonyl (C=O) groups is 1. The van der Waals surface area contributed by atoms with E-state index < -0.39 is 5.82 Å².